The Morgan fingerprint density at radius 2 is 0.851 bits per heavy atom. The second-order valence-corrected chi connectivity index (χ2v) is 11.6. The Kier molecular flexibility index (Phi) is 6.43. The molecule has 9 aromatic rings. The van der Waals surface area contributed by atoms with Crippen LogP contribution in [0.3, 0.4) is 0 Å². The number of nitrogens with zero attached hydrogens (tertiary/aromatic N) is 3. The summed E-state index contributed by atoms with van der Waals surface area (Å²) in [6.07, 6.45) is 0. The maximum atomic E-state index is 6.42. The smallest absolute Gasteiger partial charge is 0.167 e. The van der Waals surface area contributed by atoms with Crippen molar-refractivity contribution in [2.45, 2.75) is 0 Å². The first-order valence-electron chi connectivity index (χ1n) is 15.7. The molecule has 47 heavy (non-hydrogen) atoms. The van der Waals surface area contributed by atoms with Crippen LogP contribution in [-0.4, -0.2) is 15.0 Å². The van der Waals surface area contributed by atoms with Crippen LogP contribution in [0.2, 0.25) is 0 Å². The summed E-state index contributed by atoms with van der Waals surface area (Å²) >= 11 is 0. The molecule has 0 atom stereocenters. The third kappa shape index (κ3) is 4.75. The highest BCUT2D eigenvalue weighted by Gasteiger charge is 2.19. The molecule has 2 aromatic heterocycles. The predicted molar refractivity (Wildman–Crippen MR) is 192 cm³/mol. The highest BCUT2D eigenvalue weighted by atomic mass is 16.3. The quantitative estimate of drug-likeness (QED) is 0.197. The standard InChI is InChI=1S/C43H27N3O/c1-2-12-28(13-3-1)34-17-6-7-19-37(34)42-44-41(31-26-24-30(25-27-31)33-20-10-15-29-14-4-5-16-32(29)33)45-43(46-42)38-22-11-21-36-35-18-8-9-23-39(35)47-40(36)38/h1-27H. The lowest BCUT2D eigenvalue weighted by Gasteiger charge is -2.12. The summed E-state index contributed by atoms with van der Waals surface area (Å²) in [5.41, 5.74) is 8.77. The molecule has 0 aliphatic rings. The molecule has 0 radical (unpaired) electrons. The molecule has 0 aliphatic heterocycles. The molecule has 0 aliphatic carbocycles. The Bertz CT molecular complexity index is 2560. The van der Waals surface area contributed by atoms with Crippen LogP contribution in [0.1, 0.15) is 0 Å². The van der Waals surface area contributed by atoms with Crippen molar-refractivity contribution in [2.24, 2.45) is 0 Å². The molecule has 4 heteroatoms. The zero-order valence-corrected chi connectivity index (χ0v) is 25.3. The summed E-state index contributed by atoms with van der Waals surface area (Å²) < 4.78 is 6.42. The van der Waals surface area contributed by atoms with E-state index in [1.54, 1.807) is 0 Å². The maximum absolute atomic E-state index is 6.42. The highest BCUT2D eigenvalue weighted by Crippen LogP contribution is 2.37. The van der Waals surface area contributed by atoms with Crippen LogP contribution in [-0.2, 0) is 0 Å². The first kappa shape index (κ1) is 27.0. The van der Waals surface area contributed by atoms with Crippen molar-refractivity contribution >= 4 is 32.7 Å². The van der Waals surface area contributed by atoms with Gasteiger partial charge in [-0.15, -0.1) is 0 Å². The number of rotatable bonds is 5. The molecule has 0 spiro atoms. The van der Waals surface area contributed by atoms with Crippen molar-refractivity contribution in [1.29, 1.82) is 0 Å². The lowest BCUT2D eigenvalue weighted by atomic mass is 9.97. The van der Waals surface area contributed by atoms with Crippen molar-refractivity contribution in [2.75, 3.05) is 0 Å². The van der Waals surface area contributed by atoms with Gasteiger partial charge in [0, 0.05) is 21.9 Å². The van der Waals surface area contributed by atoms with Gasteiger partial charge in [0.25, 0.3) is 0 Å². The lowest BCUT2D eigenvalue weighted by Crippen LogP contribution is -2.01. The number of hydrogen-bond acceptors (Lipinski definition) is 4. The summed E-state index contributed by atoms with van der Waals surface area (Å²) in [5.74, 6) is 1.77. The fraction of sp³-hybridized carbons (Fsp3) is 0. The van der Waals surface area contributed by atoms with Gasteiger partial charge in [0.2, 0.25) is 0 Å². The molecule has 0 saturated carbocycles. The third-order valence-corrected chi connectivity index (χ3v) is 8.78. The molecule has 9 rings (SSSR count). The minimum Gasteiger partial charge on any atom is -0.455 e. The molecule has 4 nitrogen and oxygen atoms in total. The molecular formula is C43H27N3O. The maximum Gasteiger partial charge on any atom is 0.167 e. The lowest BCUT2D eigenvalue weighted by molar-refractivity contribution is 0.669. The van der Waals surface area contributed by atoms with Gasteiger partial charge < -0.3 is 4.42 Å². The van der Waals surface area contributed by atoms with Crippen LogP contribution in [0, 0.1) is 0 Å². The number of benzene rings is 7. The van der Waals surface area contributed by atoms with E-state index in [1.165, 1.54) is 16.3 Å². The van der Waals surface area contributed by atoms with Crippen LogP contribution in [0.15, 0.2) is 168 Å². The van der Waals surface area contributed by atoms with Gasteiger partial charge in [0.15, 0.2) is 17.5 Å². The summed E-state index contributed by atoms with van der Waals surface area (Å²) in [6.45, 7) is 0. The van der Waals surface area contributed by atoms with Crippen molar-refractivity contribution in [3.8, 4) is 56.4 Å². The fourth-order valence-corrected chi connectivity index (χ4v) is 6.49. The Morgan fingerprint density at radius 3 is 1.70 bits per heavy atom. The van der Waals surface area contributed by atoms with Crippen molar-refractivity contribution in [3.63, 3.8) is 0 Å². The van der Waals surface area contributed by atoms with Gasteiger partial charge in [-0.25, -0.2) is 15.0 Å². The first-order valence-corrected chi connectivity index (χ1v) is 15.7. The summed E-state index contributed by atoms with van der Waals surface area (Å²) in [5, 5.41) is 4.55. The molecule has 0 amide bonds. The molecule has 2 heterocycles. The van der Waals surface area contributed by atoms with Gasteiger partial charge in [0.05, 0.1) is 5.56 Å². The highest BCUT2D eigenvalue weighted by molar-refractivity contribution is 6.09. The topological polar surface area (TPSA) is 51.8 Å². The average molecular weight is 602 g/mol. The van der Waals surface area contributed by atoms with Crippen molar-refractivity contribution in [3.05, 3.63) is 164 Å². The van der Waals surface area contributed by atoms with Crippen LogP contribution < -0.4 is 0 Å². The number of para-hydroxylation sites is 2. The van der Waals surface area contributed by atoms with E-state index in [9.17, 15) is 0 Å². The van der Waals surface area contributed by atoms with Crippen LogP contribution >= 0.6 is 0 Å². The minimum atomic E-state index is 0.565. The molecule has 0 unspecified atom stereocenters. The predicted octanol–water partition coefficient (Wildman–Crippen LogP) is 11.3. The van der Waals surface area contributed by atoms with E-state index >= 15 is 0 Å². The zero-order chi connectivity index (χ0) is 31.2. The SMILES string of the molecule is c1ccc(-c2ccccc2-c2nc(-c3ccc(-c4cccc5ccccc45)cc3)nc(-c3cccc4c3oc3ccccc34)n2)cc1. The molecular weight excluding hydrogens is 574 g/mol. The van der Waals surface area contributed by atoms with Gasteiger partial charge in [-0.1, -0.05) is 152 Å². The number of aromatic nitrogens is 3. The van der Waals surface area contributed by atoms with E-state index < -0.39 is 0 Å². The fourth-order valence-electron chi connectivity index (χ4n) is 6.49. The summed E-state index contributed by atoms with van der Waals surface area (Å²) in [6, 6.07) is 56.3. The van der Waals surface area contributed by atoms with Crippen LogP contribution in [0.25, 0.3) is 89.1 Å². The Labute approximate surface area is 271 Å². The minimum absolute atomic E-state index is 0.565. The van der Waals surface area contributed by atoms with Gasteiger partial charge >= 0.3 is 0 Å². The van der Waals surface area contributed by atoms with Crippen LogP contribution in [0.4, 0.5) is 0 Å². The number of hydrogen-bond donors (Lipinski definition) is 0. The number of furan rings is 1. The van der Waals surface area contributed by atoms with Crippen molar-refractivity contribution in [1.82, 2.24) is 15.0 Å². The van der Waals surface area contributed by atoms with E-state index in [1.807, 2.05) is 42.5 Å². The molecule has 220 valence electrons. The van der Waals surface area contributed by atoms with E-state index in [0.717, 1.165) is 55.3 Å². The van der Waals surface area contributed by atoms with Gasteiger partial charge in [-0.3, -0.25) is 0 Å². The molecule has 7 aromatic carbocycles. The zero-order valence-electron chi connectivity index (χ0n) is 25.3. The van der Waals surface area contributed by atoms with E-state index in [4.69, 9.17) is 19.4 Å². The molecule has 0 fully saturated rings. The van der Waals surface area contributed by atoms with Gasteiger partial charge in [0.1, 0.15) is 11.2 Å². The Hall–Kier alpha value is -6.39. The van der Waals surface area contributed by atoms with E-state index in [0.29, 0.717) is 17.5 Å². The second-order valence-electron chi connectivity index (χ2n) is 11.6. The Morgan fingerprint density at radius 1 is 0.319 bits per heavy atom. The number of fused-ring (bicyclic) bond motifs is 4. The Balaban J connectivity index is 1.24. The van der Waals surface area contributed by atoms with Crippen molar-refractivity contribution < 1.29 is 4.42 Å². The van der Waals surface area contributed by atoms with Gasteiger partial charge in [-0.2, -0.15) is 0 Å². The third-order valence-electron chi connectivity index (χ3n) is 8.78. The largest absolute Gasteiger partial charge is 0.455 e. The first-order chi connectivity index (χ1) is 23.3. The second kappa shape index (κ2) is 11.2. The van der Waals surface area contributed by atoms with E-state index in [2.05, 4.69) is 121 Å². The van der Waals surface area contributed by atoms with E-state index in [-0.39, 0.29) is 0 Å². The van der Waals surface area contributed by atoms with Crippen LogP contribution in [0.5, 0.6) is 0 Å². The summed E-state index contributed by atoms with van der Waals surface area (Å²) in [4.78, 5) is 15.3. The molecule has 0 bridgehead atoms. The normalized spacial score (nSPS) is 11.4. The summed E-state index contributed by atoms with van der Waals surface area (Å²) in [7, 11) is 0. The average Bonchev–Trinajstić information content (AvgIpc) is 3.54. The van der Waals surface area contributed by atoms with Gasteiger partial charge in [-0.05, 0) is 45.2 Å². The monoisotopic (exact) mass is 601 g/mol. The molecule has 0 N–H and O–H groups in total. The molecule has 0 saturated heterocycles.